The Balaban J connectivity index is 0.000000277. The maximum Gasteiger partial charge on any atom is 0.490 e. The van der Waals surface area contributed by atoms with Crippen LogP contribution in [0.4, 0.5) is 32.2 Å². The number of fused-ring (bicyclic) bond motifs is 1. The number of carbonyl (C=O) groups is 1. The highest BCUT2D eigenvalue weighted by Crippen LogP contribution is 2.33. The first-order chi connectivity index (χ1) is 11.5. The van der Waals surface area contributed by atoms with Gasteiger partial charge in [-0.05, 0) is 12.3 Å². The van der Waals surface area contributed by atoms with E-state index < -0.39 is 24.0 Å². The molecule has 12 heteroatoms. The smallest absolute Gasteiger partial charge is 0.475 e. The maximum atomic E-state index is 12.6. The highest BCUT2D eigenvalue weighted by atomic mass is 19.4. The highest BCUT2D eigenvalue weighted by molar-refractivity contribution is 5.73. The molecule has 1 aromatic heterocycles. The molecule has 2 atom stereocenters. The summed E-state index contributed by atoms with van der Waals surface area (Å²) in [4.78, 5) is 18.1. The topological polar surface area (TPSA) is 78.3 Å². The molecule has 1 aromatic rings. The zero-order valence-electron chi connectivity index (χ0n) is 12.6. The predicted molar refractivity (Wildman–Crippen MR) is 72.8 cm³/mol. The van der Waals surface area contributed by atoms with Crippen LogP contribution < -0.4 is 10.2 Å². The Kier molecular flexibility index (Phi) is 5.40. The van der Waals surface area contributed by atoms with Crippen LogP contribution >= 0.6 is 0 Å². The van der Waals surface area contributed by atoms with E-state index in [-0.39, 0.29) is 6.04 Å². The Bertz CT molecular complexity index is 621. The van der Waals surface area contributed by atoms with Crippen LogP contribution in [0.1, 0.15) is 12.1 Å². The van der Waals surface area contributed by atoms with Crippen LogP contribution in [0, 0.1) is 5.92 Å². The molecule has 6 nitrogen and oxygen atoms in total. The minimum Gasteiger partial charge on any atom is -0.475 e. The molecule has 2 saturated heterocycles. The molecule has 2 fully saturated rings. The van der Waals surface area contributed by atoms with E-state index in [4.69, 9.17) is 9.90 Å². The molecule has 0 bridgehead atoms. The summed E-state index contributed by atoms with van der Waals surface area (Å²) in [6.07, 6.45) is -7.50. The molecule has 0 amide bonds. The average molecular weight is 372 g/mol. The molecule has 0 aliphatic carbocycles. The first-order valence-electron chi connectivity index (χ1n) is 7.17. The van der Waals surface area contributed by atoms with Crippen molar-refractivity contribution in [3.05, 3.63) is 18.1 Å². The Morgan fingerprint density at radius 2 is 1.84 bits per heavy atom. The van der Waals surface area contributed by atoms with Crippen LogP contribution in [-0.2, 0) is 11.0 Å². The number of hydrogen-bond donors (Lipinski definition) is 2. The lowest BCUT2D eigenvalue weighted by Crippen LogP contribution is -2.35. The lowest BCUT2D eigenvalue weighted by molar-refractivity contribution is -0.192. The summed E-state index contributed by atoms with van der Waals surface area (Å²) in [5.74, 6) is -1.85. The largest absolute Gasteiger partial charge is 0.490 e. The van der Waals surface area contributed by atoms with Crippen molar-refractivity contribution in [2.45, 2.75) is 24.8 Å². The van der Waals surface area contributed by atoms with Gasteiger partial charge in [0.05, 0.1) is 0 Å². The molecule has 3 rings (SSSR count). The third-order valence-electron chi connectivity index (χ3n) is 3.93. The fourth-order valence-corrected chi connectivity index (χ4v) is 2.79. The zero-order chi connectivity index (χ0) is 18.8. The van der Waals surface area contributed by atoms with Crippen molar-refractivity contribution < 1.29 is 36.2 Å². The first-order valence-corrected chi connectivity index (χ1v) is 7.17. The second kappa shape index (κ2) is 7.02. The average Bonchev–Trinajstić information content (AvgIpc) is 3.08. The van der Waals surface area contributed by atoms with Crippen molar-refractivity contribution in [2.24, 2.45) is 5.92 Å². The molecule has 2 aliphatic rings. The van der Waals surface area contributed by atoms with Crippen LogP contribution in [0.25, 0.3) is 0 Å². The SMILES string of the molecule is FC(F)(F)c1cc(N2CC[C@H]3CNC[C@H]32)ncn1.O=C(O)C(F)(F)F. The van der Waals surface area contributed by atoms with Gasteiger partial charge in [-0.25, -0.2) is 14.8 Å². The van der Waals surface area contributed by atoms with Crippen molar-refractivity contribution in [1.82, 2.24) is 15.3 Å². The van der Waals surface area contributed by atoms with Crippen molar-refractivity contribution in [3.63, 3.8) is 0 Å². The number of alkyl halides is 6. The highest BCUT2D eigenvalue weighted by Gasteiger charge is 2.40. The summed E-state index contributed by atoms with van der Waals surface area (Å²) in [5.41, 5.74) is -0.873. The van der Waals surface area contributed by atoms with Crippen molar-refractivity contribution >= 4 is 11.8 Å². The van der Waals surface area contributed by atoms with E-state index in [0.717, 1.165) is 38.4 Å². The molecule has 0 saturated carbocycles. The molecular formula is C13H14F6N4O2. The molecule has 2 aliphatic heterocycles. The van der Waals surface area contributed by atoms with Gasteiger partial charge in [0.15, 0.2) is 0 Å². The van der Waals surface area contributed by atoms with E-state index in [9.17, 15) is 26.3 Å². The van der Waals surface area contributed by atoms with Gasteiger partial charge in [0.1, 0.15) is 17.8 Å². The van der Waals surface area contributed by atoms with Crippen LogP contribution in [0.15, 0.2) is 12.4 Å². The van der Waals surface area contributed by atoms with E-state index in [1.807, 2.05) is 4.90 Å². The van der Waals surface area contributed by atoms with Gasteiger partial charge in [-0.2, -0.15) is 26.3 Å². The lowest BCUT2D eigenvalue weighted by Gasteiger charge is -2.24. The number of rotatable bonds is 1. The second-order valence-electron chi connectivity index (χ2n) is 5.53. The number of hydrogen-bond acceptors (Lipinski definition) is 5. The van der Waals surface area contributed by atoms with Gasteiger partial charge in [0.2, 0.25) is 0 Å². The van der Waals surface area contributed by atoms with Gasteiger partial charge in [0.25, 0.3) is 0 Å². The molecule has 0 aromatic carbocycles. The Hall–Kier alpha value is -2.11. The molecular weight excluding hydrogens is 358 g/mol. The fraction of sp³-hybridized carbons (Fsp3) is 0.615. The van der Waals surface area contributed by atoms with Gasteiger partial charge in [-0.15, -0.1) is 0 Å². The number of aromatic nitrogens is 2. The molecule has 0 unspecified atom stereocenters. The molecule has 0 radical (unpaired) electrons. The lowest BCUT2D eigenvalue weighted by atomic mass is 10.1. The maximum absolute atomic E-state index is 12.6. The fourth-order valence-electron chi connectivity index (χ4n) is 2.79. The molecule has 0 spiro atoms. The summed E-state index contributed by atoms with van der Waals surface area (Å²) < 4.78 is 69.5. The van der Waals surface area contributed by atoms with Crippen molar-refractivity contribution in [3.8, 4) is 0 Å². The first kappa shape index (κ1) is 19.2. The Labute approximate surface area is 137 Å². The van der Waals surface area contributed by atoms with Crippen LogP contribution in [0.3, 0.4) is 0 Å². The van der Waals surface area contributed by atoms with Gasteiger partial charge < -0.3 is 15.3 Å². The van der Waals surface area contributed by atoms with Crippen molar-refractivity contribution in [1.29, 1.82) is 0 Å². The number of carboxylic acids is 1. The van der Waals surface area contributed by atoms with Crippen molar-refractivity contribution in [2.75, 3.05) is 24.5 Å². The van der Waals surface area contributed by atoms with E-state index in [2.05, 4.69) is 15.3 Å². The monoisotopic (exact) mass is 372 g/mol. The summed E-state index contributed by atoms with van der Waals surface area (Å²) in [7, 11) is 0. The minimum atomic E-state index is -5.08. The number of halogens is 6. The van der Waals surface area contributed by atoms with Crippen LogP contribution in [-0.4, -0.2) is 52.9 Å². The summed E-state index contributed by atoms with van der Waals surface area (Å²) in [6, 6.07) is 1.31. The molecule has 2 N–H and O–H groups in total. The van der Waals surface area contributed by atoms with Gasteiger partial charge in [-0.1, -0.05) is 0 Å². The molecule has 25 heavy (non-hydrogen) atoms. The predicted octanol–water partition coefficient (Wildman–Crippen LogP) is 1.93. The summed E-state index contributed by atoms with van der Waals surface area (Å²) in [5, 5.41) is 10.4. The molecule has 140 valence electrons. The number of carboxylic acid groups (broad SMARTS) is 1. The number of nitrogens with one attached hydrogen (secondary N) is 1. The number of anilines is 1. The standard InChI is InChI=1S/C11H13F3N4.C2HF3O2/c12-11(13,14)9-3-10(17-6-16-9)18-2-1-7-4-15-5-8(7)18;3-2(4,5)1(6)7/h3,6-8,15H,1-2,4-5H2;(H,6,7)/t7-,8+;/m0./s1. The van der Waals surface area contributed by atoms with E-state index in [1.54, 1.807) is 0 Å². The quantitative estimate of drug-likeness (QED) is 0.734. The number of aliphatic carboxylic acids is 1. The zero-order valence-corrected chi connectivity index (χ0v) is 12.6. The van der Waals surface area contributed by atoms with E-state index >= 15 is 0 Å². The summed E-state index contributed by atoms with van der Waals surface area (Å²) in [6.45, 7) is 2.53. The van der Waals surface area contributed by atoms with E-state index in [1.165, 1.54) is 0 Å². The third-order valence-corrected chi connectivity index (χ3v) is 3.93. The van der Waals surface area contributed by atoms with Gasteiger partial charge >= 0.3 is 18.3 Å². The van der Waals surface area contributed by atoms with Gasteiger partial charge in [-0.3, -0.25) is 0 Å². The molecule has 3 heterocycles. The second-order valence-corrected chi connectivity index (χ2v) is 5.53. The Morgan fingerprint density at radius 1 is 1.20 bits per heavy atom. The van der Waals surface area contributed by atoms with Crippen LogP contribution in [0.5, 0.6) is 0 Å². The summed E-state index contributed by atoms with van der Waals surface area (Å²) >= 11 is 0. The van der Waals surface area contributed by atoms with E-state index in [0.29, 0.717) is 11.7 Å². The van der Waals surface area contributed by atoms with Gasteiger partial charge in [0, 0.05) is 31.7 Å². The number of nitrogens with zero attached hydrogens (tertiary/aromatic N) is 3. The Morgan fingerprint density at radius 3 is 2.40 bits per heavy atom. The third kappa shape index (κ3) is 4.71. The van der Waals surface area contributed by atoms with Crippen LogP contribution in [0.2, 0.25) is 0 Å². The normalized spacial score (nSPS) is 23.0. The minimum absolute atomic E-state index is 0.265.